The van der Waals surface area contributed by atoms with Gasteiger partial charge in [-0.2, -0.15) is 0 Å². The lowest BCUT2D eigenvalue weighted by Gasteiger charge is -2.35. The smallest absolute Gasteiger partial charge is 0.241 e. The van der Waals surface area contributed by atoms with Crippen LogP contribution in [0.2, 0.25) is 0 Å². The second-order valence-electron chi connectivity index (χ2n) is 7.91. The fourth-order valence-electron chi connectivity index (χ4n) is 3.68. The van der Waals surface area contributed by atoms with E-state index >= 15 is 0 Å². The summed E-state index contributed by atoms with van der Waals surface area (Å²) in [6, 6.07) is 26.0. The number of rotatable bonds is 6. The Morgan fingerprint density at radius 2 is 1.65 bits per heavy atom. The Morgan fingerprint density at radius 1 is 0.968 bits per heavy atom. The minimum absolute atomic E-state index is 0.0216. The van der Waals surface area contributed by atoms with Gasteiger partial charge in [0.25, 0.3) is 0 Å². The van der Waals surface area contributed by atoms with E-state index in [9.17, 15) is 9.59 Å². The molecule has 1 aliphatic heterocycles. The number of fused-ring (bicyclic) bond motifs is 1. The van der Waals surface area contributed by atoms with Crippen molar-refractivity contribution in [1.82, 2.24) is 5.32 Å². The van der Waals surface area contributed by atoms with E-state index in [2.05, 4.69) is 29.6 Å². The Morgan fingerprint density at radius 3 is 2.39 bits per heavy atom. The summed E-state index contributed by atoms with van der Waals surface area (Å²) >= 11 is 1.49. The van der Waals surface area contributed by atoms with E-state index in [0.717, 1.165) is 21.7 Å². The first-order chi connectivity index (χ1) is 15.0. The second kappa shape index (κ2) is 9.40. The molecule has 1 aliphatic rings. The highest BCUT2D eigenvalue weighted by atomic mass is 32.2. The lowest BCUT2D eigenvalue weighted by atomic mass is 10.0. The summed E-state index contributed by atoms with van der Waals surface area (Å²) in [6.07, 6.45) is 0. The summed E-state index contributed by atoms with van der Waals surface area (Å²) in [7, 11) is 0. The maximum atomic E-state index is 13.5. The molecule has 3 aromatic rings. The average Bonchev–Trinajstić information content (AvgIpc) is 2.80. The molecule has 0 aromatic heterocycles. The van der Waals surface area contributed by atoms with Gasteiger partial charge in [0.2, 0.25) is 11.8 Å². The van der Waals surface area contributed by atoms with Crippen LogP contribution in [0.5, 0.6) is 0 Å². The minimum Gasteiger partial charge on any atom is -0.352 e. The van der Waals surface area contributed by atoms with Crippen molar-refractivity contribution < 1.29 is 9.59 Å². The number of hydrogen-bond donors (Lipinski definition) is 1. The Hall–Kier alpha value is -3.05. The molecule has 0 unspecified atom stereocenters. The Bertz CT molecular complexity index is 1070. The predicted octanol–water partition coefficient (Wildman–Crippen LogP) is 4.96. The van der Waals surface area contributed by atoms with Crippen LogP contribution in [-0.4, -0.2) is 17.1 Å². The molecule has 0 saturated carbocycles. The second-order valence-corrected chi connectivity index (χ2v) is 9.09. The molecule has 2 amide bonds. The zero-order valence-corrected chi connectivity index (χ0v) is 18.6. The van der Waals surface area contributed by atoms with Crippen LogP contribution in [0.3, 0.4) is 0 Å². The summed E-state index contributed by atoms with van der Waals surface area (Å²) in [5.41, 5.74) is 4.20. The molecule has 0 aliphatic carbocycles. The number of thioether (sulfide) groups is 1. The summed E-state index contributed by atoms with van der Waals surface area (Å²) in [4.78, 5) is 29.2. The zero-order chi connectivity index (χ0) is 21.8. The van der Waals surface area contributed by atoms with Gasteiger partial charge in [-0.1, -0.05) is 79.2 Å². The van der Waals surface area contributed by atoms with Crippen molar-refractivity contribution in [3.63, 3.8) is 0 Å². The summed E-state index contributed by atoms with van der Waals surface area (Å²) in [5.74, 6) is -0.578. The summed E-state index contributed by atoms with van der Waals surface area (Å²) in [6.45, 7) is 4.84. The molecular formula is C26H26N2O2S. The minimum atomic E-state index is -0.462. The number of carbonyl (C=O) groups is 2. The quantitative estimate of drug-likeness (QED) is 0.602. The van der Waals surface area contributed by atoms with Crippen LogP contribution in [0.1, 0.15) is 23.6 Å². The van der Waals surface area contributed by atoms with Crippen LogP contribution in [0.4, 0.5) is 5.69 Å². The number of anilines is 1. The molecule has 1 N–H and O–H groups in total. The molecule has 0 bridgehead atoms. The average molecular weight is 431 g/mol. The molecule has 0 fully saturated rings. The van der Waals surface area contributed by atoms with Crippen molar-refractivity contribution in [1.29, 1.82) is 0 Å². The monoisotopic (exact) mass is 430 g/mol. The molecule has 0 saturated heterocycles. The highest BCUT2D eigenvalue weighted by molar-refractivity contribution is 8.01. The number of hydrogen-bond acceptors (Lipinski definition) is 3. The molecule has 1 heterocycles. The van der Waals surface area contributed by atoms with Gasteiger partial charge in [0.05, 0.1) is 18.2 Å². The molecule has 31 heavy (non-hydrogen) atoms. The van der Waals surface area contributed by atoms with Crippen LogP contribution in [-0.2, 0) is 22.7 Å². The molecule has 3 aromatic carbocycles. The van der Waals surface area contributed by atoms with Gasteiger partial charge in [-0.05, 0) is 30.2 Å². The van der Waals surface area contributed by atoms with Gasteiger partial charge in [-0.15, -0.1) is 11.8 Å². The van der Waals surface area contributed by atoms with Crippen molar-refractivity contribution in [2.24, 2.45) is 5.92 Å². The Kier molecular flexibility index (Phi) is 6.42. The first kappa shape index (κ1) is 21.2. The van der Waals surface area contributed by atoms with Crippen LogP contribution in [0.15, 0.2) is 83.8 Å². The van der Waals surface area contributed by atoms with Gasteiger partial charge in [0, 0.05) is 11.4 Å². The fraction of sp³-hybridized carbons (Fsp3) is 0.231. The van der Waals surface area contributed by atoms with Crippen LogP contribution in [0, 0.1) is 12.8 Å². The first-order valence-corrected chi connectivity index (χ1v) is 11.3. The van der Waals surface area contributed by atoms with Crippen LogP contribution in [0.25, 0.3) is 0 Å². The lowest BCUT2D eigenvalue weighted by Crippen LogP contribution is -2.47. The maximum absolute atomic E-state index is 13.5. The summed E-state index contributed by atoms with van der Waals surface area (Å²) < 4.78 is 0. The molecule has 4 rings (SSSR count). The fourth-order valence-corrected chi connectivity index (χ4v) is 4.96. The maximum Gasteiger partial charge on any atom is 0.241 e. The number of aryl methyl sites for hydroxylation is 1. The molecule has 5 heteroatoms. The molecule has 158 valence electrons. The first-order valence-electron chi connectivity index (χ1n) is 10.5. The third kappa shape index (κ3) is 4.83. The van der Waals surface area contributed by atoms with Gasteiger partial charge < -0.3 is 10.2 Å². The number of para-hydroxylation sites is 1. The van der Waals surface area contributed by atoms with Crippen LogP contribution < -0.4 is 10.2 Å². The Balaban J connectivity index is 1.53. The van der Waals surface area contributed by atoms with Crippen molar-refractivity contribution >= 4 is 29.3 Å². The van der Waals surface area contributed by atoms with Crippen molar-refractivity contribution in [2.45, 2.75) is 37.1 Å². The number of benzene rings is 3. The number of carbonyl (C=O) groups excluding carboxylic acids is 2. The summed E-state index contributed by atoms with van der Waals surface area (Å²) in [5, 5.41) is 2.53. The number of amides is 2. The molecule has 0 radical (unpaired) electrons. The van der Waals surface area contributed by atoms with Crippen molar-refractivity contribution in [2.75, 3.05) is 4.90 Å². The van der Waals surface area contributed by atoms with Crippen molar-refractivity contribution in [3.8, 4) is 0 Å². The highest BCUT2D eigenvalue weighted by Crippen LogP contribution is 2.42. The van der Waals surface area contributed by atoms with Crippen molar-refractivity contribution in [3.05, 3.63) is 95.6 Å². The van der Waals surface area contributed by atoms with E-state index in [0.29, 0.717) is 13.1 Å². The van der Waals surface area contributed by atoms with Gasteiger partial charge >= 0.3 is 0 Å². The zero-order valence-electron chi connectivity index (χ0n) is 17.7. The molecule has 4 nitrogen and oxygen atoms in total. The van der Waals surface area contributed by atoms with Crippen LogP contribution >= 0.6 is 11.8 Å². The molecule has 0 spiro atoms. The van der Waals surface area contributed by atoms with E-state index in [1.54, 1.807) is 0 Å². The normalized spacial score (nSPS) is 16.5. The number of nitrogens with one attached hydrogen (secondary N) is 1. The predicted molar refractivity (Wildman–Crippen MR) is 126 cm³/mol. The molecule has 2 atom stereocenters. The Labute approximate surface area is 187 Å². The van der Waals surface area contributed by atoms with E-state index in [1.807, 2.05) is 73.3 Å². The van der Waals surface area contributed by atoms with Gasteiger partial charge in [0.1, 0.15) is 5.25 Å². The third-order valence-corrected chi connectivity index (χ3v) is 7.02. The van der Waals surface area contributed by atoms with E-state index in [-0.39, 0.29) is 11.8 Å². The lowest BCUT2D eigenvalue weighted by molar-refractivity contribution is -0.128. The van der Waals surface area contributed by atoms with E-state index in [1.165, 1.54) is 17.3 Å². The highest BCUT2D eigenvalue weighted by Gasteiger charge is 2.39. The largest absolute Gasteiger partial charge is 0.352 e. The van der Waals surface area contributed by atoms with E-state index in [4.69, 9.17) is 0 Å². The topological polar surface area (TPSA) is 49.4 Å². The number of nitrogens with zero attached hydrogens (tertiary/aromatic N) is 1. The SMILES string of the molecule is Cc1ccc(CN2C(=O)[C@@H]([C@@H](C)C(=O)NCc3ccccc3)Sc3ccccc32)cc1. The van der Waals surface area contributed by atoms with Gasteiger partial charge in [-0.25, -0.2) is 0 Å². The third-order valence-electron chi connectivity index (χ3n) is 5.56. The van der Waals surface area contributed by atoms with Gasteiger partial charge in [0.15, 0.2) is 0 Å². The van der Waals surface area contributed by atoms with Gasteiger partial charge in [-0.3, -0.25) is 9.59 Å². The standard InChI is InChI=1S/C26H26N2O2S/c1-18-12-14-21(15-13-18)17-28-22-10-6-7-11-23(22)31-24(26(28)30)19(2)25(29)27-16-20-8-4-3-5-9-20/h3-15,19,24H,16-17H2,1-2H3,(H,27,29)/t19-,24-/m1/s1. The van der Waals surface area contributed by atoms with E-state index < -0.39 is 11.2 Å². The molecular weight excluding hydrogens is 404 g/mol.